The van der Waals surface area contributed by atoms with E-state index in [0.29, 0.717) is 0 Å². The molecule has 0 radical (unpaired) electrons. The van der Waals surface area contributed by atoms with Gasteiger partial charge >= 0.3 is 0 Å². The number of rotatable bonds is 6. The summed E-state index contributed by atoms with van der Waals surface area (Å²) in [7, 11) is 0. The molecule has 3 aliphatic rings. The summed E-state index contributed by atoms with van der Waals surface area (Å²) in [6.07, 6.45) is 4.83. The third-order valence-electron chi connectivity index (χ3n) is 6.27. The molecule has 8 nitrogen and oxygen atoms in total. The quantitative estimate of drug-likeness (QED) is 0.547. The highest BCUT2D eigenvalue weighted by atomic mass is 16.5. The summed E-state index contributed by atoms with van der Waals surface area (Å²) in [4.78, 5) is 15.8. The van der Waals surface area contributed by atoms with Crippen LogP contribution in [-0.2, 0) is 4.74 Å². The average Bonchev–Trinajstić information content (AvgIpc) is 3.37. The van der Waals surface area contributed by atoms with Gasteiger partial charge in [0, 0.05) is 43.6 Å². The Morgan fingerprint density at radius 3 is 2.94 bits per heavy atom. The van der Waals surface area contributed by atoms with Gasteiger partial charge in [-0.25, -0.2) is 15.0 Å². The lowest BCUT2D eigenvalue weighted by Gasteiger charge is -2.33. The predicted molar refractivity (Wildman–Crippen MR) is 121 cm³/mol. The Morgan fingerprint density at radius 2 is 2.16 bits per heavy atom. The van der Waals surface area contributed by atoms with Gasteiger partial charge in [-0.05, 0) is 38.0 Å². The SMILES string of the molecule is C=C(c1cc(N2CCC3OC(C)=N[C@H]3C2)ncn1)c1cc(OC2(C)CC2)ccc1NN. The Bertz CT molecular complexity index is 1050. The van der Waals surface area contributed by atoms with Crippen LogP contribution in [-0.4, -0.2) is 46.7 Å². The minimum absolute atomic E-state index is 0.0603. The average molecular weight is 421 g/mol. The summed E-state index contributed by atoms with van der Waals surface area (Å²) >= 11 is 0. The molecule has 0 bridgehead atoms. The van der Waals surface area contributed by atoms with Crippen molar-refractivity contribution in [3.63, 3.8) is 0 Å². The fraction of sp³-hybridized carbons (Fsp3) is 0.435. The molecule has 1 saturated carbocycles. The van der Waals surface area contributed by atoms with Crippen molar-refractivity contribution >= 4 is 23.0 Å². The lowest BCUT2D eigenvalue weighted by atomic mass is 10.0. The van der Waals surface area contributed by atoms with E-state index in [1.54, 1.807) is 6.33 Å². The van der Waals surface area contributed by atoms with Gasteiger partial charge in [0.1, 0.15) is 35.6 Å². The zero-order valence-electron chi connectivity index (χ0n) is 18.0. The monoisotopic (exact) mass is 420 g/mol. The van der Waals surface area contributed by atoms with E-state index in [4.69, 9.17) is 15.3 Å². The van der Waals surface area contributed by atoms with Crippen LogP contribution in [0.1, 0.15) is 44.4 Å². The second-order valence-corrected chi connectivity index (χ2v) is 8.75. The van der Waals surface area contributed by atoms with E-state index in [9.17, 15) is 0 Å². The minimum atomic E-state index is -0.0603. The van der Waals surface area contributed by atoms with Crippen molar-refractivity contribution in [2.75, 3.05) is 23.4 Å². The third kappa shape index (κ3) is 3.95. The Balaban J connectivity index is 1.39. The third-order valence-corrected chi connectivity index (χ3v) is 6.27. The van der Waals surface area contributed by atoms with Crippen molar-refractivity contribution in [3.05, 3.63) is 48.4 Å². The predicted octanol–water partition coefficient (Wildman–Crippen LogP) is 3.15. The molecule has 31 heavy (non-hydrogen) atoms. The summed E-state index contributed by atoms with van der Waals surface area (Å²) < 4.78 is 11.9. The minimum Gasteiger partial charge on any atom is -0.488 e. The van der Waals surface area contributed by atoms with E-state index < -0.39 is 0 Å². The fourth-order valence-electron chi connectivity index (χ4n) is 4.21. The van der Waals surface area contributed by atoms with E-state index in [1.807, 2.05) is 31.2 Å². The van der Waals surface area contributed by atoms with Gasteiger partial charge in [0.05, 0.1) is 11.4 Å². The van der Waals surface area contributed by atoms with E-state index in [2.05, 4.69) is 38.8 Å². The molecule has 1 aliphatic carbocycles. The molecule has 0 amide bonds. The molecule has 162 valence electrons. The zero-order valence-corrected chi connectivity index (χ0v) is 18.0. The Kier molecular flexibility index (Phi) is 4.81. The number of nitrogens with one attached hydrogen (secondary N) is 1. The molecule has 2 atom stereocenters. The fourth-order valence-corrected chi connectivity index (χ4v) is 4.21. The van der Waals surface area contributed by atoms with Crippen LogP contribution in [0.15, 0.2) is 42.2 Å². The number of aliphatic imine (C=N–C) groups is 1. The number of ether oxygens (including phenoxy) is 2. The van der Waals surface area contributed by atoms with Crippen LogP contribution in [0.5, 0.6) is 5.75 Å². The maximum atomic E-state index is 6.13. The Hall–Kier alpha value is -3.13. The maximum absolute atomic E-state index is 6.13. The zero-order chi connectivity index (χ0) is 21.6. The van der Waals surface area contributed by atoms with E-state index in [0.717, 1.165) is 72.3 Å². The number of fused-ring (bicyclic) bond motifs is 1. The van der Waals surface area contributed by atoms with Gasteiger partial charge in [0.25, 0.3) is 0 Å². The number of benzene rings is 1. The van der Waals surface area contributed by atoms with Gasteiger partial charge in [-0.2, -0.15) is 0 Å². The first-order valence-corrected chi connectivity index (χ1v) is 10.7. The molecule has 2 fully saturated rings. The van der Waals surface area contributed by atoms with Crippen LogP contribution in [0.4, 0.5) is 11.5 Å². The second kappa shape index (κ2) is 7.53. The van der Waals surface area contributed by atoms with Crippen molar-refractivity contribution in [1.82, 2.24) is 9.97 Å². The molecule has 5 rings (SSSR count). The van der Waals surface area contributed by atoms with E-state index in [-0.39, 0.29) is 17.7 Å². The largest absolute Gasteiger partial charge is 0.488 e. The summed E-state index contributed by atoms with van der Waals surface area (Å²) in [6.45, 7) is 9.99. The molecule has 1 aromatic carbocycles. The van der Waals surface area contributed by atoms with Gasteiger partial charge in [-0.3, -0.25) is 5.84 Å². The second-order valence-electron chi connectivity index (χ2n) is 8.75. The van der Waals surface area contributed by atoms with Crippen molar-refractivity contribution in [1.29, 1.82) is 0 Å². The van der Waals surface area contributed by atoms with Crippen LogP contribution in [0.3, 0.4) is 0 Å². The van der Waals surface area contributed by atoms with Crippen LogP contribution < -0.4 is 20.9 Å². The van der Waals surface area contributed by atoms with Crippen LogP contribution in [0.25, 0.3) is 5.57 Å². The topological polar surface area (TPSA) is 97.9 Å². The van der Waals surface area contributed by atoms with Gasteiger partial charge in [-0.1, -0.05) is 6.58 Å². The van der Waals surface area contributed by atoms with Gasteiger partial charge < -0.3 is 19.8 Å². The normalized spacial score (nSPS) is 23.5. The summed E-state index contributed by atoms with van der Waals surface area (Å²) in [5.74, 6) is 8.21. The number of hydrazine groups is 1. The van der Waals surface area contributed by atoms with Gasteiger partial charge in [0.2, 0.25) is 0 Å². The Morgan fingerprint density at radius 1 is 1.32 bits per heavy atom. The van der Waals surface area contributed by atoms with E-state index in [1.165, 1.54) is 0 Å². The molecule has 1 aromatic heterocycles. The number of aromatic nitrogens is 2. The number of nitrogens with zero attached hydrogens (tertiary/aromatic N) is 4. The molecule has 1 saturated heterocycles. The highest BCUT2D eigenvalue weighted by Crippen LogP contribution is 2.41. The first kappa shape index (κ1) is 19.8. The molecule has 2 aliphatic heterocycles. The standard InChI is InChI=1S/C23H28N6O2/c1-14(17-10-16(4-5-18(17)28-24)31-23(3)7-8-23)19-11-22(26-13-25-19)29-9-6-21-20(12-29)27-15(2)30-21/h4-5,10-11,13,20-21,28H,1,6-9,12,24H2,2-3H3/t20-,21?/m0/s1. The maximum Gasteiger partial charge on any atom is 0.180 e. The van der Waals surface area contributed by atoms with Crippen molar-refractivity contribution in [2.24, 2.45) is 10.8 Å². The van der Waals surface area contributed by atoms with Crippen molar-refractivity contribution in [2.45, 2.75) is 50.9 Å². The lowest BCUT2D eigenvalue weighted by Crippen LogP contribution is -2.45. The molecule has 3 N–H and O–H groups in total. The molecule has 2 aromatic rings. The number of hydrogen-bond donors (Lipinski definition) is 2. The highest BCUT2D eigenvalue weighted by molar-refractivity contribution is 5.84. The number of piperidine rings is 1. The van der Waals surface area contributed by atoms with Crippen LogP contribution in [0, 0.1) is 0 Å². The highest BCUT2D eigenvalue weighted by Gasteiger charge is 2.40. The number of hydrogen-bond acceptors (Lipinski definition) is 8. The lowest BCUT2D eigenvalue weighted by molar-refractivity contribution is 0.168. The smallest absolute Gasteiger partial charge is 0.180 e. The Labute approximate surface area is 182 Å². The summed E-state index contributed by atoms with van der Waals surface area (Å²) in [5, 5.41) is 0. The molecular weight excluding hydrogens is 392 g/mol. The summed E-state index contributed by atoms with van der Waals surface area (Å²) in [5.41, 5.74) is 5.84. The van der Waals surface area contributed by atoms with Gasteiger partial charge in [0.15, 0.2) is 5.90 Å². The first-order chi connectivity index (χ1) is 14.9. The number of anilines is 2. The molecule has 1 unspecified atom stereocenters. The van der Waals surface area contributed by atoms with Gasteiger partial charge in [-0.15, -0.1) is 0 Å². The van der Waals surface area contributed by atoms with Crippen LogP contribution in [0.2, 0.25) is 0 Å². The first-order valence-electron chi connectivity index (χ1n) is 10.7. The van der Waals surface area contributed by atoms with Crippen LogP contribution >= 0.6 is 0 Å². The molecular formula is C23H28N6O2. The molecule has 8 heteroatoms. The van der Waals surface area contributed by atoms with E-state index >= 15 is 0 Å². The molecule has 3 heterocycles. The van der Waals surface area contributed by atoms with Crippen molar-refractivity contribution in [3.8, 4) is 5.75 Å². The number of nitrogen functional groups attached to an aromatic ring is 1. The summed E-state index contributed by atoms with van der Waals surface area (Å²) in [6, 6.07) is 7.94. The van der Waals surface area contributed by atoms with Crippen molar-refractivity contribution < 1.29 is 9.47 Å². The number of nitrogens with two attached hydrogens (primary N) is 1. The molecule has 0 spiro atoms.